The molecule has 10 nitrogen and oxygen atoms in total. The maximum Gasteiger partial charge on any atom is 0.407 e. The normalized spacial score (nSPS) is 14.3. The molecule has 0 spiro atoms. The van der Waals surface area contributed by atoms with Gasteiger partial charge in [-0.05, 0) is 25.5 Å². The molecule has 1 aromatic carbocycles. The van der Waals surface area contributed by atoms with Crippen LogP contribution in [-0.4, -0.2) is 58.9 Å². The highest BCUT2D eigenvalue weighted by Crippen LogP contribution is 2.25. The number of unbranched alkanes of at least 4 members (excludes halogenated alkanes) is 1. The lowest BCUT2D eigenvalue weighted by Gasteiger charge is -2.32. The fourth-order valence-electron chi connectivity index (χ4n) is 4.03. The smallest absolute Gasteiger partial charge is 0.407 e. The number of sulfonamides is 1. The van der Waals surface area contributed by atoms with Gasteiger partial charge in [-0.15, -0.1) is 0 Å². The molecular weight excluding hydrogens is 530 g/mol. The Labute approximate surface area is 237 Å². The molecule has 0 saturated heterocycles. The van der Waals surface area contributed by atoms with E-state index in [-0.39, 0.29) is 17.0 Å². The van der Waals surface area contributed by atoms with Crippen LogP contribution in [0.5, 0.6) is 0 Å². The first-order valence-electron chi connectivity index (χ1n) is 13.5. The summed E-state index contributed by atoms with van der Waals surface area (Å²) in [6.45, 7) is 10.1. The molecule has 0 saturated carbocycles. The molecule has 2 heterocycles. The molecule has 3 atom stereocenters. The average molecular weight is 572 g/mol. The molecule has 3 aromatic rings. The van der Waals surface area contributed by atoms with E-state index >= 15 is 0 Å². The van der Waals surface area contributed by atoms with Crippen LogP contribution in [0.2, 0.25) is 0 Å². The second kappa shape index (κ2) is 13.9. The van der Waals surface area contributed by atoms with Crippen LogP contribution >= 0.6 is 0 Å². The van der Waals surface area contributed by atoms with Crippen molar-refractivity contribution in [2.24, 2.45) is 5.41 Å². The Morgan fingerprint density at radius 1 is 1.12 bits per heavy atom. The third kappa shape index (κ3) is 9.14. The summed E-state index contributed by atoms with van der Waals surface area (Å²) in [4.78, 5) is 21.4. The van der Waals surface area contributed by atoms with Crippen molar-refractivity contribution in [2.45, 2.75) is 83.7 Å². The third-order valence-corrected chi connectivity index (χ3v) is 7.94. The van der Waals surface area contributed by atoms with E-state index < -0.39 is 34.4 Å². The van der Waals surface area contributed by atoms with Gasteiger partial charge in [-0.25, -0.2) is 27.9 Å². The van der Waals surface area contributed by atoms with Gasteiger partial charge < -0.3 is 19.7 Å². The van der Waals surface area contributed by atoms with E-state index in [9.17, 15) is 18.3 Å². The number of aromatic nitrogens is 3. The molecule has 218 valence electrons. The summed E-state index contributed by atoms with van der Waals surface area (Å²) in [5.74, 6) is 0. The number of ether oxygens (including phenoxy) is 1. The Balaban J connectivity index is 1.65. The van der Waals surface area contributed by atoms with Crippen LogP contribution in [0.25, 0.3) is 11.3 Å². The molecule has 0 bridgehead atoms. The van der Waals surface area contributed by atoms with E-state index in [1.807, 2.05) is 69.6 Å². The second-order valence-corrected chi connectivity index (χ2v) is 12.8. The lowest BCUT2D eigenvalue weighted by molar-refractivity contribution is 0.0145. The van der Waals surface area contributed by atoms with E-state index in [1.165, 1.54) is 17.8 Å². The number of alkyl carbamates (subject to hydrolysis) is 1. The number of nitrogens with one attached hydrogen (secondary N) is 2. The van der Waals surface area contributed by atoms with Gasteiger partial charge in [-0.1, -0.05) is 76.4 Å². The number of aliphatic hydroxyl groups excluding tert-OH is 1. The molecule has 40 heavy (non-hydrogen) atoms. The molecule has 3 rings (SSSR count). The maximum atomic E-state index is 13.0. The molecular formula is C29H41N5O5S. The van der Waals surface area contributed by atoms with Gasteiger partial charge >= 0.3 is 6.09 Å². The number of pyridine rings is 1. The standard InChI is InChI=1S/C29H41N5O5S/c1-6-7-10-23(25(35)17-32-40(37,38)27-11-8-9-16-30-27)33-28(36)39-26(29(3,4)5)19-34-18-24(31-20-34)22-14-12-21(2)13-15-22/h8-9,11-16,18,20,23,25-26,32,35H,6-7,10,17,19H2,1-5H3,(H,33,36)/t23-,25+,26+/m0/s1. The largest absolute Gasteiger partial charge is 0.444 e. The highest BCUT2D eigenvalue weighted by Gasteiger charge is 2.31. The van der Waals surface area contributed by atoms with Gasteiger partial charge in [-0.2, -0.15) is 0 Å². The second-order valence-electron chi connectivity index (χ2n) is 11.1. The fraction of sp³-hybridized carbons (Fsp3) is 0.483. The number of hydrogen-bond acceptors (Lipinski definition) is 7. The molecule has 0 aliphatic carbocycles. The van der Waals surface area contributed by atoms with Crippen molar-refractivity contribution in [3.63, 3.8) is 0 Å². The molecule has 2 aromatic heterocycles. The zero-order valence-corrected chi connectivity index (χ0v) is 24.7. The third-order valence-electron chi connectivity index (χ3n) is 6.60. The van der Waals surface area contributed by atoms with Crippen LogP contribution < -0.4 is 10.0 Å². The van der Waals surface area contributed by atoms with E-state index in [0.29, 0.717) is 13.0 Å². The molecule has 0 aliphatic heterocycles. The van der Waals surface area contributed by atoms with Crippen molar-refractivity contribution in [2.75, 3.05) is 6.54 Å². The van der Waals surface area contributed by atoms with Gasteiger partial charge in [0, 0.05) is 29.9 Å². The molecule has 0 radical (unpaired) electrons. The van der Waals surface area contributed by atoms with Crippen LogP contribution in [0.1, 0.15) is 52.5 Å². The van der Waals surface area contributed by atoms with E-state index in [1.54, 1.807) is 18.5 Å². The Hall–Kier alpha value is -3.28. The number of carbonyl (C=O) groups excluding carboxylic acids is 1. The van der Waals surface area contributed by atoms with E-state index in [0.717, 1.165) is 24.1 Å². The lowest BCUT2D eigenvalue weighted by atomic mass is 9.89. The number of rotatable bonds is 13. The predicted molar refractivity (Wildman–Crippen MR) is 154 cm³/mol. The van der Waals surface area contributed by atoms with Crippen molar-refractivity contribution in [3.05, 3.63) is 66.7 Å². The molecule has 0 unspecified atom stereocenters. The Bertz CT molecular complexity index is 1320. The molecule has 0 fully saturated rings. The number of amides is 1. The van der Waals surface area contributed by atoms with E-state index in [2.05, 4.69) is 20.0 Å². The highest BCUT2D eigenvalue weighted by atomic mass is 32.2. The summed E-state index contributed by atoms with van der Waals surface area (Å²) >= 11 is 0. The maximum absolute atomic E-state index is 13.0. The minimum absolute atomic E-state index is 0.141. The summed E-state index contributed by atoms with van der Waals surface area (Å²) in [5.41, 5.74) is 2.61. The quantitative estimate of drug-likeness (QED) is 0.278. The molecule has 1 amide bonds. The van der Waals surface area contributed by atoms with Gasteiger partial charge in [0.25, 0.3) is 10.0 Å². The van der Waals surface area contributed by atoms with Gasteiger partial charge in [-0.3, -0.25) is 0 Å². The van der Waals surface area contributed by atoms with Crippen molar-refractivity contribution in [1.82, 2.24) is 24.6 Å². The number of carbonyl (C=O) groups is 1. The van der Waals surface area contributed by atoms with Crippen LogP contribution in [0, 0.1) is 12.3 Å². The van der Waals surface area contributed by atoms with Crippen molar-refractivity contribution < 1.29 is 23.1 Å². The fourth-order valence-corrected chi connectivity index (χ4v) is 5.02. The number of benzene rings is 1. The van der Waals surface area contributed by atoms with Crippen LogP contribution in [0.4, 0.5) is 4.79 Å². The summed E-state index contributed by atoms with van der Waals surface area (Å²) < 4.78 is 35.2. The zero-order valence-electron chi connectivity index (χ0n) is 23.9. The van der Waals surface area contributed by atoms with Gasteiger partial charge in [0.15, 0.2) is 5.03 Å². The van der Waals surface area contributed by atoms with Crippen molar-refractivity contribution >= 4 is 16.1 Å². The molecule has 0 aliphatic rings. The van der Waals surface area contributed by atoms with Gasteiger partial charge in [0.05, 0.1) is 30.7 Å². The van der Waals surface area contributed by atoms with Crippen molar-refractivity contribution in [1.29, 1.82) is 0 Å². The molecule has 3 N–H and O–H groups in total. The minimum atomic E-state index is -3.90. The first-order valence-corrected chi connectivity index (χ1v) is 15.0. The number of hydrogen-bond donors (Lipinski definition) is 3. The first kappa shape index (κ1) is 31.3. The number of aliphatic hydroxyl groups is 1. The van der Waals surface area contributed by atoms with Gasteiger partial charge in [0.1, 0.15) is 6.10 Å². The Morgan fingerprint density at radius 3 is 2.48 bits per heavy atom. The SMILES string of the molecule is CCCC[C@H](NC(=O)O[C@H](Cn1cnc(-c2ccc(C)cc2)c1)C(C)(C)C)[C@H](O)CNS(=O)(=O)c1ccccn1. The summed E-state index contributed by atoms with van der Waals surface area (Å²) in [6.07, 6.45) is 4.71. The minimum Gasteiger partial charge on any atom is -0.444 e. The Kier molecular flexibility index (Phi) is 10.8. The lowest BCUT2D eigenvalue weighted by Crippen LogP contribution is -2.50. The predicted octanol–water partition coefficient (Wildman–Crippen LogP) is 4.29. The topological polar surface area (TPSA) is 135 Å². The monoisotopic (exact) mass is 571 g/mol. The molecule has 11 heteroatoms. The van der Waals surface area contributed by atoms with Gasteiger partial charge in [0.2, 0.25) is 0 Å². The van der Waals surface area contributed by atoms with Crippen LogP contribution in [-0.2, 0) is 21.3 Å². The number of aryl methyl sites for hydroxylation is 1. The average Bonchev–Trinajstić information content (AvgIpc) is 3.38. The van der Waals surface area contributed by atoms with Crippen LogP contribution in [0.3, 0.4) is 0 Å². The summed E-state index contributed by atoms with van der Waals surface area (Å²) in [6, 6.07) is 12.0. The first-order chi connectivity index (χ1) is 18.9. The zero-order chi connectivity index (χ0) is 29.3. The van der Waals surface area contributed by atoms with Crippen molar-refractivity contribution in [3.8, 4) is 11.3 Å². The highest BCUT2D eigenvalue weighted by molar-refractivity contribution is 7.89. The number of imidazole rings is 1. The Morgan fingerprint density at radius 2 is 1.85 bits per heavy atom. The summed E-state index contributed by atoms with van der Waals surface area (Å²) in [5, 5.41) is 13.4. The number of nitrogens with zero attached hydrogens (tertiary/aromatic N) is 3. The summed E-state index contributed by atoms with van der Waals surface area (Å²) in [7, 11) is -3.90. The van der Waals surface area contributed by atoms with Crippen LogP contribution in [0.15, 0.2) is 66.2 Å². The van der Waals surface area contributed by atoms with E-state index in [4.69, 9.17) is 4.74 Å².